The van der Waals surface area contributed by atoms with Crippen LogP contribution in [0.4, 0.5) is 4.39 Å². The second-order valence-electron chi connectivity index (χ2n) is 4.72. The predicted octanol–water partition coefficient (Wildman–Crippen LogP) is 3.83. The van der Waals surface area contributed by atoms with Gasteiger partial charge in [-0.2, -0.15) is 0 Å². The lowest BCUT2D eigenvalue weighted by Gasteiger charge is -2.34. The van der Waals surface area contributed by atoms with Gasteiger partial charge in [0.2, 0.25) is 0 Å². The summed E-state index contributed by atoms with van der Waals surface area (Å²) in [4.78, 5) is 14.5. The van der Waals surface area contributed by atoms with Crippen LogP contribution in [0.15, 0.2) is 22.7 Å². The van der Waals surface area contributed by atoms with E-state index >= 15 is 0 Å². The van der Waals surface area contributed by atoms with Crippen molar-refractivity contribution in [3.63, 3.8) is 0 Å². The SMILES string of the molecule is CN(CC1CC(Br)C1)C(=O)c1cccc(F)c1Br. The number of halogens is 3. The monoisotopic (exact) mass is 377 g/mol. The highest BCUT2D eigenvalue weighted by Gasteiger charge is 2.29. The normalized spacial score (nSPS) is 22.4. The molecule has 0 aliphatic heterocycles. The maximum absolute atomic E-state index is 13.4. The molecule has 0 N–H and O–H groups in total. The van der Waals surface area contributed by atoms with Gasteiger partial charge in [0.05, 0.1) is 10.0 Å². The highest BCUT2D eigenvalue weighted by Crippen LogP contribution is 2.34. The molecule has 0 radical (unpaired) electrons. The average Bonchev–Trinajstić information content (AvgIpc) is 2.30. The van der Waals surface area contributed by atoms with E-state index in [-0.39, 0.29) is 10.4 Å². The zero-order valence-electron chi connectivity index (χ0n) is 10.00. The first-order valence-electron chi connectivity index (χ1n) is 5.82. The number of alkyl halides is 1. The number of rotatable bonds is 3. The minimum absolute atomic E-state index is 0.139. The summed E-state index contributed by atoms with van der Waals surface area (Å²) in [6.45, 7) is 0.726. The van der Waals surface area contributed by atoms with Gasteiger partial charge in [-0.1, -0.05) is 22.0 Å². The van der Waals surface area contributed by atoms with Crippen molar-refractivity contribution in [2.24, 2.45) is 5.92 Å². The van der Waals surface area contributed by atoms with Crippen LogP contribution < -0.4 is 0 Å². The molecular weight excluding hydrogens is 365 g/mol. The molecule has 2 nitrogen and oxygen atoms in total. The molecule has 0 aromatic heterocycles. The van der Waals surface area contributed by atoms with Crippen LogP contribution in [0.5, 0.6) is 0 Å². The first-order chi connectivity index (χ1) is 8.49. The number of nitrogens with zero attached hydrogens (tertiary/aromatic N) is 1. The standard InChI is InChI=1S/C13H14Br2FNO/c1-17(7-8-5-9(14)6-8)13(18)10-3-2-4-11(16)12(10)15/h2-4,8-9H,5-7H2,1H3. The maximum Gasteiger partial charge on any atom is 0.254 e. The van der Waals surface area contributed by atoms with Gasteiger partial charge in [-0.3, -0.25) is 4.79 Å². The minimum atomic E-state index is -0.404. The van der Waals surface area contributed by atoms with Gasteiger partial charge in [0.1, 0.15) is 5.82 Å². The van der Waals surface area contributed by atoms with E-state index in [0.717, 1.165) is 19.4 Å². The molecular formula is C13H14Br2FNO. The summed E-state index contributed by atoms with van der Waals surface area (Å²) in [5.74, 6) is 0.00785. The van der Waals surface area contributed by atoms with E-state index < -0.39 is 5.82 Å². The Morgan fingerprint density at radius 2 is 2.17 bits per heavy atom. The van der Waals surface area contributed by atoms with Gasteiger partial charge in [-0.15, -0.1) is 0 Å². The third-order valence-electron chi connectivity index (χ3n) is 3.24. The quantitative estimate of drug-likeness (QED) is 0.732. The Morgan fingerprint density at radius 3 is 2.78 bits per heavy atom. The fraction of sp³-hybridized carbons (Fsp3) is 0.462. The number of amides is 1. The van der Waals surface area contributed by atoms with Crippen LogP contribution in [-0.4, -0.2) is 29.2 Å². The molecule has 5 heteroatoms. The van der Waals surface area contributed by atoms with E-state index in [1.807, 2.05) is 0 Å². The molecule has 18 heavy (non-hydrogen) atoms. The highest BCUT2D eigenvalue weighted by atomic mass is 79.9. The van der Waals surface area contributed by atoms with E-state index in [1.165, 1.54) is 6.07 Å². The number of benzene rings is 1. The first-order valence-corrected chi connectivity index (χ1v) is 7.53. The Kier molecular flexibility index (Phi) is 4.43. The lowest BCUT2D eigenvalue weighted by Crippen LogP contribution is -2.37. The third kappa shape index (κ3) is 2.94. The summed E-state index contributed by atoms with van der Waals surface area (Å²) in [5, 5.41) is 0. The Bertz CT molecular complexity index is 460. The summed E-state index contributed by atoms with van der Waals surface area (Å²) >= 11 is 6.66. The Labute approximate surface area is 123 Å². The van der Waals surface area contributed by atoms with E-state index in [0.29, 0.717) is 16.3 Å². The van der Waals surface area contributed by atoms with Crippen molar-refractivity contribution in [1.29, 1.82) is 0 Å². The van der Waals surface area contributed by atoms with Gasteiger partial charge in [-0.25, -0.2) is 4.39 Å². The van der Waals surface area contributed by atoms with Gasteiger partial charge >= 0.3 is 0 Å². The highest BCUT2D eigenvalue weighted by molar-refractivity contribution is 9.10. The van der Waals surface area contributed by atoms with Gasteiger partial charge in [0.25, 0.3) is 5.91 Å². The minimum Gasteiger partial charge on any atom is -0.341 e. The molecule has 1 fully saturated rings. The average molecular weight is 379 g/mol. The van der Waals surface area contributed by atoms with Crippen LogP contribution in [0.25, 0.3) is 0 Å². The fourth-order valence-electron chi connectivity index (χ4n) is 2.15. The molecule has 1 aliphatic carbocycles. The lowest BCUT2D eigenvalue weighted by molar-refractivity contribution is 0.0747. The third-order valence-corrected chi connectivity index (χ3v) is 4.79. The first kappa shape index (κ1) is 14.0. The molecule has 0 saturated heterocycles. The molecule has 1 amide bonds. The lowest BCUT2D eigenvalue weighted by atomic mass is 9.85. The van der Waals surface area contributed by atoms with Crippen LogP contribution in [-0.2, 0) is 0 Å². The molecule has 0 spiro atoms. The van der Waals surface area contributed by atoms with Crippen LogP contribution >= 0.6 is 31.9 Å². The molecule has 2 rings (SSSR count). The van der Waals surface area contributed by atoms with Crippen LogP contribution in [0.1, 0.15) is 23.2 Å². The van der Waals surface area contributed by atoms with Crippen molar-refractivity contribution in [1.82, 2.24) is 4.90 Å². The fourth-order valence-corrected chi connectivity index (χ4v) is 3.64. The van der Waals surface area contributed by atoms with Crippen molar-refractivity contribution < 1.29 is 9.18 Å². The van der Waals surface area contributed by atoms with Crippen LogP contribution in [0.3, 0.4) is 0 Å². The molecule has 0 heterocycles. The van der Waals surface area contributed by atoms with Crippen molar-refractivity contribution in [2.45, 2.75) is 17.7 Å². The largest absolute Gasteiger partial charge is 0.341 e. The Balaban J connectivity index is 2.04. The van der Waals surface area contributed by atoms with Crippen molar-refractivity contribution in [3.8, 4) is 0 Å². The molecule has 0 atom stereocenters. The Hall–Kier alpha value is -0.420. The van der Waals surface area contributed by atoms with Crippen molar-refractivity contribution in [3.05, 3.63) is 34.1 Å². The summed E-state index contributed by atoms with van der Waals surface area (Å²) in [7, 11) is 1.77. The summed E-state index contributed by atoms with van der Waals surface area (Å²) < 4.78 is 13.6. The van der Waals surface area contributed by atoms with E-state index in [2.05, 4.69) is 31.9 Å². The molecule has 1 saturated carbocycles. The zero-order chi connectivity index (χ0) is 13.3. The van der Waals surface area contributed by atoms with E-state index in [4.69, 9.17) is 0 Å². The summed E-state index contributed by atoms with van der Waals surface area (Å²) in [6.07, 6.45) is 2.20. The molecule has 0 unspecified atom stereocenters. The van der Waals surface area contributed by atoms with E-state index in [1.54, 1.807) is 24.1 Å². The summed E-state index contributed by atoms with van der Waals surface area (Å²) in [6, 6.07) is 4.53. The molecule has 1 aromatic carbocycles. The number of hydrogen-bond acceptors (Lipinski definition) is 1. The molecule has 1 aliphatic rings. The Morgan fingerprint density at radius 1 is 1.50 bits per heavy atom. The number of hydrogen-bond donors (Lipinski definition) is 0. The smallest absolute Gasteiger partial charge is 0.254 e. The van der Waals surface area contributed by atoms with Crippen LogP contribution in [0.2, 0.25) is 0 Å². The molecule has 0 bridgehead atoms. The number of carbonyl (C=O) groups is 1. The topological polar surface area (TPSA) is 20.3 Å². The van der Waals surface area contributed by atoms with Crippen molar-refractivity contribution in [2.75, 3.05) is 13.6 Å². The van der Waals surface area contributed by atoms with Gasteiger partial charge in [-0.05, 0) is 46.8 Å². The van der Waals surface area contributed by atoms with Gasteiger partial charge in [0, 0.05) is 18.4 Å². The second kappa shape index (κ2) is 5.70. The van der Waals surface area contributed by atoms with Gasteiger partial charge in [0.15, 0.2) is 0 Å². The second-order valence-corrected chi connectivity index (χ2v) is 6.81. The van der Waals surface area contributed by atoms with Crippen molar-refractivity contribution >= 4 is 37.8 Å². The number of carbonyl (C=O) groups excluding carboxylic acids is 1. The predicted molar refractivity (Wildman–Crippen MR) is 76.5 cm³/mol. The maximum atomic E-state index is 13.4. The van der Waals surface area contributed by atoms with E-state index in [9.17, 15) is 9.18 Å². The summed E-state index contributed by atoms with van der Waals surface area (Å²) in [5.41, 5.74) is 0.382. The molecule has 98 valence electrons. The molecule has 1 aromatic rings. The van der Waals surface area contributed by atoms with Crippen LogP contribution in [0, 0.1) is 11.7 Å². The zero-order valence-corrected chi connectivity index (χ0v) is 13.2. The van der Waals surface area contributed by atoms with Gasteiger partial charge < -0.3 is 4.90 Å².